The Morgan fingerprint density at radius 2 is 1.75 bits per heavy atom. The molecule has 1 saturated heterocycles. The van der Waals surface area contributed by atoms with Crippen LogP contribution in [0.3, 0.4) is 0 Å². The highest BCUT2D eigenvalue weighted by atomic mass is 16.3. The number of likely N-dealkylation sites (tertiary alicyclic amines) is 1. The molecule has 1 spiro atoms. The molecule has 1 N–H and O–H groups in total. The summed E-state index contributed by atoms with van der Waals surface area (Å²) in [7, 11) is 0. The lowest BCUT2D eigenvalue weighted by Gasteiger charge is -2.46. The van der Waals surface area contributed by atoms with Crippen molar-refractivity contribution in [2.75, 3.05) is 13.1 Å². The van der Waals surface area contributed by atoms with E-state index in [9.17, 15) is 5.11 Å². The molecule has 110 valence electrons. The third-order valence-corrected chi connectivity index (χ3v) is 5.67. The van der Waals surface area contributed by atoms with Crippen molar-refractivity contribution in [2.24, 2.45) is 5.41 Å². The van der Waals surface area contributed by atoms with Crippen molar-refractivity contribution in [1.29, 1.82) is 0 Å². The quantitative estimate of drug-likeness (QED) is 0.857. The van der Waals surface area contributed by atoms with Gasteiger partial charge >= 0.3 is 0 Å². The molecule has 2 aliphatic rings. The lowest BCUT2D eigenvalue weighted by atomic mass is 9.68. The molecule has 1 heterocycles. The summed E-state index contributed by atoms with van der Waals surface area (Å²) >= 11 is 0. The van der Waals surface area contributed by atoms with Crippen molar-refractivity contribution < 1.29 is 5.11 Å². The molecule has 0 aromatic heterocycles. The van der Waals surface area contributed by atoms with Gasteiger partial charge in [-0.1, -0.05) is 31.4 Å². The van der Waals surface area contributed by atoms with Crippen LogP contribution in [0.25, 0.3) is 0 Å². The summed E-state index contributed by atoms with van der Waals surface area (Å²) < 4.78 is 0. The smallest absolute Gasteiger partial charge is 0.115 e. The second kappa shape index (κ2) is 5.77. The van der Waals surface area contributed by atoms with Gasteiger partial charge in [-0.2, -0.15) is 0 Å². The molecule has 20 heavy (non-hydrogen) atoms. The van der Waals surface area contributed by atoms with Crippen molar-refractivity contribution in [3.8, 4) is 5.75 Å². The van der Waals surface area contributed by atoms with Gasteiger partial charge in [0.1, 0.15) is 5.75 Å². The van der Waals surface area contributed by atoms with Gasteiger partial charge < -0.3 is 5.11 Å². The largest absolute Gasteiger partial charge is 0.508 e. The maximum atomic E-state index is 9.64. The zero-order valence-corrected chi connectivity index (χ0v) is 12.6. The molecule has 0 radical (unpaired) electrons. The van der Waals surface area contributed by atoms with E-state index >= 15 is 0 Å². The van der Waals surface area contributed by atoms with E-state index in [1.54, 1.807) is 6.07 Å². The van der Waals surface area contributed by atoms with Crippen molar-refractivity contribution in [1.82, 2.24) is 4.90 Å². The molecule has 1 aromatic carbocycles. The predicted molar refractivity (Wildman–Crippen MR) is 82.8 cm³/mol. The van der Waals surface area contributed by atoms with Gasteiger partial charge in [0.25, 0.3) is 0 Å². The first-order chi connectivity index (χ1) is 9.69. The Kier molecular flexibility index (Phi) is 4.02. The van der Waals surface area contributed by atoms with E-state index in [0.717, 1.165) is 0 Å². The van der Waals surface area contributed by atoms with Crippen molar-refractivity contribution in [3.63, 3.8) is 0 Å². The number of piperidine rings is 1. The summed E-state index contributed by atoms with van der Waals surface area (Å²) in [6.07, 6.45) is 10.0. The van der Waals surface area contributed by atoms with E-state index in [2.05, 4.69) is 17.9 Å². The van der Waals surface area contributed by atoms with Gasteiger partial charge in [0.05, 0.1) is 0 Å². The molecule has 1 aliphatic carbocycles. The van der Waals surface area contributed by atoms with Crippen LogP contribution in [0.2, 0.25) is 0 Å². The number of rotatable bonds is 2. The fourth-order valence-electron chi connectivity index (χ4n) is 4.18. The molecular formula is C18H27NO. The molecule has 0 amide bonds. The van der Waals surface area contributed by atoms with Gasteiger partial charge in [-0.25, -0.2) is 0 Å². The molecule has 2 nitrogen and oxygen atoms in total. The standard InChI is InChI=1S/C18H27NO/c1-15(16-6-5-7-17(20)14-16)19-12-10-18(11-13-19)8-3-2-4-9-18/h5-7,14-15,20H,2-4,8-13H2,1H3. The first-order valence-corrected chi connectivity index (χ1v) is 8.22. The number of hydrogen-bond acceptors (Lipinski definition) is 2. The van der Waals surface area contributed by atoms with Crippen LogP contribution in [-0.4, -0.2) is 23.1 Å². The van der Waals surface area contributed by atoms with E-state index in [1.165, 1.54) is 63.6 Å². The van der Waals surface area contributed by atoms with E-state index < -0.39 is 0 Å². The molecule has 0 bridgehead atoms. The Labute approximate surface area is 122 Å². The summed E-state index contributed by atoms with van der Waals surface area (Å²) in [5.41, 5.74) is 1.91. The summed E-state index contributed by atoms with van der Waals surface area (Å²) in [5.74, 6) is 0.384. The fourth-order valence-corrected chi connectivity index (χ4v) is 4.18. The Balaban J connectivity index is 1.62. The number of hydrogen-bond donors (Lipinski definition) is 1. The fraction of sp³-hybridized carbons (Fsp3) is 0.667. The molecule has 3 rings (SSSR count). The molecule has 1 aromatic rings. The zero-order chi connectivity index (χ0) is 14.0. The third-order valence-electron chi connectivity index (χ3n) is 5.67. The minimum absolute atomic E-state index is 0.384. The number of benzene rings is 1. The van der Waals surface area contributed by atoms with Crippen LogP contribution < -0.4 is 0 Å². The van der Waals surface area contributed by atoms with Crippen molar-refractivity contribution in [2.45, 2.75) is 57.9 Å². The van der Waals surface area contributed by atoms with Crippen LogP contribution in [0.5, 0.6) is 5.75 Å². The highest BCUT2D eigenvalue weighted by Gasteiger charge is 2.36. The topological polar surface area (TPSA) is 23.5 Å². The summed E-state index contributed by atoms with van der Waals surface area (Å²) in [6.45, 7) is 4.71. The van der Waals surface area contributed by atoms with Gasteiger partial charge in [0.2, 0.25) is 0 Å². The van der Waals surface area contributed by atoms with Crippen LogP contribution >= 0.6 is 0 Å². The second-order valence-electron chi connectivity index (χ2n) is 6.87. The van der Waals surface area contributed by atoms with Crippen molar-refractivity contribution >= 4 is 0 Å². The average Bonchev–Trinajstić information content (AvgIpc) is 2.48. The first-order valence-electron chi connectivity index (χ1n) is 8.22. The monoisotopic (exact) mass is 273 g/mol. The van der Waals surface area contributed by atoms with Crippen LogP contribution in [0.1, 0.15) is 63.5 Å². The molecule has 1 aliphatic heterocycles. The Bertz CT molecular complexity index is 440. The Morgan fingerprint density at radius 3 is 2.40 bits per heavy atom. The SMILES string of the molecule is CC(c1cccc(O)c1)N1CCC2(CCCCC2)CC1. The van der Waals surface area contributed by atoms with Crippen molar-refractivity contribution in [3.05, 3.63) is 29.8 Å². The van der Waals surface area contributed by atoms with E-state index in [4.69, 9.17) is 0 Å². The summed E-state index contributed by atoms with van der Waals surface area (Å²) in [5, 5.41) is 9.64. The molecule has 1 unspecified atom stereocenters. The van der Waals surface area contributed by atoms with E-state index in [1.807, 2.05) is 12.1 Å². The lowest BCUT2D eigenvalue weighted by molar-refractivity contribution is 0.0487. The molecule has 1 atom stereocenters. The molecule has 2 fully saturated rings. The van der Waals surface area contributed by atoms with Gasteiger partial charge in [-0.05, 0) is 68.8 Å². The van der Waals surface area contributed by atoms with E-state index in [-0.39, 0.29) is 0 Å². The van der Waals surface area contributed by atoms with Gasteiger partial charge in [-0.3, -0.25) is 4.90 Å². The summed E-state index contributed by atoms with van der Waals surface area (Å²) in [6, 6.07) is 8.17. The number of phenols is 1. The summed E-state index contributed by atoms with van der Waals surface area (Å²) in [4.78, 5) is 2.59. The molecule has 2 heteroatoms. The third kappa shape index (κ3) is 2.85. The van der Waals surface area contributed by atoms with Crippen LogP contribution in [0.15, 0.2) is 24.3 Å². The van der Waals surface area contributed by atoms with Gasteiger partial charge in [0.15, 0.2) is 0 Å². The number of aromatic hydroxyl groups is 1. The normalized spacial score (nSPS) is 24.6. The number of phenolic OH excluding ortho intramolecular Hbond substituents is 1. The average molecular weight is 273 g/mol. The van der Waals surface area contributed by atoms with Crippen LogP contribution in [0.4, 0.5) is 0 Å². The second-order valence-corrected chi connectivity index (χ2v) is 6.87. The van der Waals surface area contributed by atoms with Gasteiger partial charge in [-0.15, -0.1) is 0 Å². The Morgan fingerprint density at radius 1 is 1.05 bits per heavy atom. The minimum atomic E-state index is 0.384. The van der Waals surface area contributed by atoms with Crippen LogP contribution in [0, 0.1) is 5.41 Å². The highest BCUT2D eigenvalue weighted by molar-refractivity contribution is 5.29. The lowest BCUT2D eigenvalue weighted by Crippen LogP contribution is -2.42. The molecular weight excluding hydrogens is 246 g/mol. The zero-order valence-electron chi connectivity index (χ0n) is 12.6. The maximum Gasteiger partial charge on any atom is 0.115 e. The number of nitrogens with zero attached hydrogens (tertiary/aromatic N) is 1. The predicted octanol–water partition coefficient (Wildman–Crippen LogP) is 4.50. The first kappa shape index (κ1) is 13.9. The Hall–Kier alpha value is -1.02. The molecule has 1 saturated carbocycles. The maximum absolute atomic E-state index is 9.64. The minimum Gasteiger partial charge on any atom is -0.508 e. The van der Waals surface area contributed by atoms with E-state index in [0.29, 0.717) is 17.2 Å². The van der Waals surface area contributed by atoms with Crippen LogP contribution in [-0.2, 0) is 0 Å². The highest BCUT2D eigenvalue weighted by Crippen LogP contribution is 2.45. The van der Waals surface area contributed by atoms with Gasteiger partial charge in [0, 0.05) is 6.04 Å².